The predicted octanol–water partition coefficient (Wildman–Crippen LogP) is 3.83. The van der Waals surface area contributed by atoms with Gasteiger partial charge >= 0.3 is 5.97 Å². The number of pyridine rings is 1. The summed E-state index contributed by atoms with van der Waals surface area (Å²) in [6, 6.07) is 9.01. The molecular weight excluding hydrogens is 389 g/mol. The summed E-state index contributed by atoms with van der Waals surface area (Å²) in [7, 11) is 0. The highest BCUT2D eigenvalue weighted by molar-refractivity contribution is 6.46. The van der Waals surface area contributed by atoms with Gasteiger partial charge in [-0.3, -0.25) is 4.79 Å². The van der Waals surface area contributed by atoms with Crippen LogP contribution < -0.4 is 10.6 Å². The van der Waals surface area contributed by atoms with Gasteiger partial charge in [0.2, 0.25) is 0 Å². The Bertz CT molecular complexity index is 800. The molecule has 0 fully saturated rings. The van der Waals surface area contributed by atoms with Crippen molar-refractivity contribution in [3.05, 3.63) is 51.2 Å². The number of carbonyl (C=O) groups excluding carboxylic acids is 2. The maximum Gasteiger partial charge on any atom is 0.359 e. The van der Waals surface area contributed by atoms with Crippen molar-refractivity contribution in [2.45, 2.75) is 6.92 Å². The summed E-state index contributed by atoms with van der Waals surface area (Å²) >= 11 is 17.5. The van der Waals surface area contributed by atoms with Gasteiger partial charge in [-0.05, 0) is 19.1 Å². The van der Waals surface area contributed by atoms with Crippen LogP contribution in [0.25, 0.3) is 0 Å². The number of hydrogen-bond donors (Lipinski definition) is 1. The standard InChI is InChI=1S/C16H14Cl3N3O3/c1-2-22(9-6-4-3-5-7-9)10(23)8-25-16(24)14-11(17)13(20)12(18)15(19)21-14/h3-7H,2,8H2,1H3,(H2,20,21). The molecule has 0 saturated carbocycles. The SMILES string of the molecule is CCN(C(=O)COC(=O)c1nc(Cl)c(Cl)c(N)c1Cl)c1ccccc1. The summed E-state index contributed by atoms with van der Waals surface area (Å²) in [5, 5.41) is -0.413. The number of halogens is 3. The van der Waals surface area contributed by atoms with Crippen molar-refractivity contribution in [3.63, 3.8) is 0 Å². The molecular formula is C16H14Cl3N3O3. The van der Waals surface area contributed by atoms with E-state index in [0.717, 1.165) is 0 Å². The Morgan fingerprint density at radius 2 is 1.80 bits per heavy atom. The molecule has 1 aromatic carbocycles. The summed E-state index contributed by atoms with van der Waals surface area (Å²) in [5.41, 5.74) is 5.96. The number of hydrogen-bond acceptors (Lipinski definition) is 5. The fourth-order valence-electron chi connectivity index (χ4n) is 2.05. The van der Waals surface area contributed by atoms with Gasteiger partial charge in [-0.2, -0.15) is 0 Å². The number of nitrogens with two attached hydrogens (primary N) is 1. The van der Waals surface area contributed by atoms with Crippen LogP contribution in [0, 0.1) is 0 Å². The lowest BCUT2D eigenvalue weighted by atomic mass is 10.3. The number of ether oxygens (including phenoxy) is 1. The van der Waals surface area contributed by atoms with Gasteiger partial charge in [-0.15, -0.1) is 0 Å². The van der Waals surface area contributed by atoms with Gasteiger partial charge < -0.3 is 15.4 Å². The van der Waals surface area contributed by atoms with E-state index < -0.39 is 18.5 Å². The number of anilines is 2. The lowest BCUT2D eigenvalue weighted by Gasteiger charge is -2.20. The molecule has 6 nitrogen and oxygen atoms in total. The molecule has 1 amide bonds. The fourth-order valence-corrected chi connectivity index (χ4v) is 2.64. The quantitative estimate of drug-likeness (QED) is 0.607. The van der Waals surface area contributed by atoms with Gasteiger partial charge in [0.15, 0.2) is 17.5 Å². The van der Waals surface area contributed by atoms with Crippen LogP contribution in [0.3, 0.4) is 0 Å². The number of para-hydroxylation sites is 1. The molecule has 0 atom stereocenters. The second-order valence-electron chi connectivity index (χ2n) is 4.84. The molecule has 0 saturated heterocycles. The Morgan fingerprint density at radius 1 is 1.16 bits per heavy atom. The lowest BCUT2D eigenvalue weighted by molar-refractivity contribution is -0.121. The van der Waals surface area contributed by atoms with E-state index in [1.165, 1.54) is 4.90 Å². The predicted molar refractivity (Wildman–Crippen MR) is 98.4 cm³/mol. The van der Waals surface area contributed by atoms with Crippen LogP contribution in [-0.2, 0) is 9.53 Å². The largest absolute Gasteiger partial charge is 0.451 e. The summed E-state index contributed by atoms with van der Waals surface area (Å²) in [5.74, 6) is -1.32. The molecule has 2 N–H and O–H groups in total. The number of carbonyl (C=O) groups is 2. The number of benzene rings is 1. The number of aromatic nitrogens is 1. The van der Waals surface area contributed by atoms with E-state index in [1.807, 2.05) is 13.0 Å². The van der Waals surface area contributed by atoms with Crippen molar-refractivity contribution in [1.82, 2.24) is 4.98 Å². The highest BCUT2D eigenvalue weighted by Gasteiger charge is 2.23. The summed E-state index contributed by atoms with van der Waals surface area (Å²) in [6.07, 6.45) is 0. The van der Waals surface area contributed by atoms with Crippen molar-refractivity contribution in [3.8, 4) is 0 Å². The first kappa shape index (κ1) is 19.3. The molecule has 2 rings (SSSR count). The monoisotopic (exact) mass is 401 g/mol. The number of likely N-dealkylation sites (N-methyl/N-ethyl adjacent to an activating group) is 1. The summed E-state index contributed by atoms with van der Waals surface area (Å²) < 4.78 is 4.99. The first-order valence-electron chi connectivity index (χ1n) is 7.19. The minimum Gasteiger partial charge on any atom is -0.451 e. The van der Waals surface area contributed by atoms with Crippen molar-refractivity contribution < 1.29 is 14.3 Å². The molecule has 0 aliphatic heterocycles. The third-order valence-electron chi connectivity index (χ3n) is 3.28. The summed E-state index contributed by atoms with van der Waals surface area (Å²) in [6.45, 7) is 1.74. The first-order chi connectivity index (χ1) is 11.9. The Labute approximate surface area is 159 Å². The molecule has 25 heavy (non-hydrogen) atoms. The molecule has 2 aromatic rings. The van der Waals surface area contributed by atoms with E-state index in [-0.39, 0.29) is 26.6 Å². The Hall–Kier alpha value is -2.02. The number of esters is 1. The van der Waals surface area contributed by atoms with Crippen LogP contribution >= 0.6 is 34.8 Å². The third-order valence-corrected chi connectivity index (χ3v) is 4.41. The van der Waals surface area contributed by atoms with E-state index in [1.54, 1.807) is 24.3 Å². The molecule has 0 aliphatic rings. The van der Waals surface area contributed by atoms with Gasteiger partial charge in [0.05, 0.1) is 10.7 Å². The molecule has 1 heterocycles. The number of rotatable bonds is 5. The average Bonchev–Trinajstić information content (AvgIpc) is 2.62. The van der Waals surface area contributed by atoms with E-state index >= 15 is 0 Å². The highest BCUT2D eigenvalue weighted by Crippen LogP contribution is 2.34. The first-order valence-corrected chi connectivity index (χ1v) is 8.32. The Balaban J connectivity index is 2.11. The van der Waals surface area contributed by atoms with Crippen LogP contribution in [0.4, 0.5) is 11.4 Å². The van der Waals surface area contributed by atoms with Gasteiger partial charge in [-0.1, -0.05) is 53.0 Å². The van der Waals surface area contributed by atoms with Crippen molar-refractivity contribution >= 4 is 58.1 Å². The highest BCUT2D eigenvalue weighted by atomic mass is 35.5. The zero-order valence-corrected chi connectivity index (χ0v) is 15.4. The maximum atomic E-state index is 12.3. The zero-order chi connectivity index (χ0) is 18.6. The van der Waals surface area contributed by atoms with E-state index in [4.69, 9.17) is 45.3 Å². The molecule has 0 radical (unpaired) electrons. The van der Waals surface area contributed by atoms with Gasteiger partial charge in [0.25, 0.3) is 5.91 Å². The molecule has 0 aliphatic carbocycles. The Morgan fingerprint density at radius 3 is 2.40 bits per heavy atom. The van der Waals surface area contributed by atoms with Crippen LogP contribution in [0.15, 0.2) is 30.3 Å². The van der Waals surface area contributed by atoms with E-state index in [2.05, 4.69) is 4.98 Å². The second kappa shape index (κ2) is 8.38. The van der Waals surface area contributed by atoms with Crippen LogP contribution in [0.5, 0.6) is 0 Å². The van der Waals surface area contributed by atoms with E-state index in [9.17, 15) is 9.59 Å². The average molecular weight is 403 g/mol. The zero-order valence-electron chi connectivity index (χ0n) is 13.1. The lowest BCUT2D eigenvalue weighted by Crippen LogP contribution is -2.34. The number of nitrogen functional groups attached to an aromatic ring is 1. The topological polar surface area (TPSA) is 85.5 Å². The normalized spacial score (nSPS) is 10.4. The van der Waals surface area contributed by atoms with Crippen molar-refractivity contribution in [1.29, 1.82) is 0 Å². The minimum atomic E-state index is -0.923. The Kier molecular flexibility index (Phi) is 6.47. The van der Waals surface area contributed by atoms with Gasteiger partial charge in [0, 0.05) is 12.2 Å². The third kappa shape index (κ3) is 4.34. The molecule has 0 bridgehead atoms. The smallest absolute Gasteiger partial charge is 0.359 e. The van der Waals surface area contributed by atoms with Crippen LogP contribution in [0.1, 0.15) is 17.4 Å². The molecule has 1 aromatic heterocycles. The van der Waals surface area contributed by atoms with Crippen LogP contribution in [-0.4, -0.2) is 30.0 Å². The number of nitrogens with zero attached hydrogens (tertiary/aromatic N) is 2. The van der Waals surface area contributed by atoms with Crippen LogP contribution in [0.2, 0.25) is 15.2 Å². The molecule has 0 spiro atoms. The van der Waals surface area contributed by atoms with E-state index in [0.29, 0.717) is 12.2 Å². The molecule has 0 unspecified atom stereocenters. The van der Waals surface area contributed by atoms with Crippen molar-refractivity contribution in [2.75, 3.05) is 23.8 Å². The maximum absolute atomic E-state index is 12.3. The molecule has 9 heteroatoms. The fraction of sp³-hybridized carbons (Fsp3) is 0.188. The van der Waals surface area contributed by atoms with Gasteiger partial charge in [0.1, 0.15) is 5.02 Å². The molecule has 132 valence electrons. The second-order valence-corrected chi connectivity index (χ2v) is 5.96. The summed E-state index contributed by atoms with van der Waals surface area (Å²) in [4.78, 5) is 29.7. The van der Waals surface area contributed by atoms with Crippen molar-refractivity contribution in [2.24, 2.45) is 0 Å². The number of amides is 1. The van der Waals surface area contributed by atoms with Gasteiger partial charge in [-0.25, -0.2) is 9.78 Å². The minimum absolute atomic E-state index is 0.0551.